The molecule has 1 unspecified atom stereocenters. The number of nitrogens with zero attached hydrogens (tertiary/aromatic N) is 5. The van der Waals surface area contributed by atoms with E-state index in [2.05, 4.69) is 15.2 Å². The van der Waals surface area contributed by atoms with Crippen LogP contribution in [-0.4, -0.2) is 69.0 Å². The molecule has 0 saturated carbocycles. The number of aromatic nitrogens is 4. The van der Waals surface area contributed by atoms with E-state index in [1.54, 1.807) is 32.9 Å². The van der Waals surface area contributed by atoms with Crippen molar-refractivity contribution in [1.29, 1.82) is 0 Å². The second kappa shape index (κ2) is 10.9. The van der Waals surface area contributed by atoms with Crippen molar-refractivity contribution in [2.75, 3.05) is 26.3 Å². The van der Waals surface area contributed by atoms with E-state index < -0.39 is 29.4 Å². The summed E-state index contributed by atoms with van der Waals surface area (Å²) in [6.45, 7) is 5.43. The predicted octanol–water partition coefficient (Wildman–Crippen LogP) is 4.69. The zero-order chi connectivity index (χ0) is 29.5. The van der Waals surface area contributed by atoms with E-state index in [0.29, 0.717) is 28.7 Å². The molecule has 0 bridgehead atoms. The third kappa shape index (κ3) is 6.10. The number of carbonyl (C=O) groups excluding carboxylic acids is 1. The smallest absolute Gasteiger partial charge is 0.408 e. The Morgan fingerprint density at radius 1 is 1.12 bits per heavy atom. The zero-order valence-electron chi connectivity index (χ0n) is 22.8. The van der Waals surface area contributed by atoms with E-state index in [1.165, 1.54) is 39.8 Å². The van der Waals surface area contributed by atoms with Gasteiger partial charge in [-0.05, 0) is 51.0 Å². The summed E-state index contributed by atoms with van der Waals surface area (Å²) in [5.74, 6) is -0.880. The minimum absolute atomic E-state index is 0.0332. The van der Waals surface area contributed by atoms with Gasteiger partial charge in [0.25, 0.3) is 0 Å². The van der Waals surface area contributed by atoms with Gasteiger partial charge in [-0.1, -0.05) is 12.1 Å². The zero-order valence-corrected chi connectivity index (χ0v) is 22.8. The Kier molecular flexibility index (Phi) is 7.60. The van der Waals surface area contributed by atoms with Crippen molar-refractivity contribution in [2.45, 2.75) is 45.5 Å². The van der Waals surface area contributed by atoms with Gasteiger partial charge >= 0.3 is 12.1 Å². The monoisotopic (exact) mass is 574 g/mol. The Balaban J connectivity index is 1.43. The number of esters is 1. The summed E-state index contributed by atoms with van der Waals surface area (Å²) in [4.78, 5) is 17.8. The fourth-order valence-corrected chi connectivity index (χ4v) is 4.76. The number of nitrogens with two attached hydrogens (primary N) is 1. The summed E-state index contributed by atoms with van der Waals surface area (Å²) in [7, 11) is 0. The van der Waals surface area contributed by atoms with E-state index in [0.717, 1.165) is 0 Å². The first-order valence-corrected chi connectivity index (χ1v) is 13.1. The molecule has 1 saturated heterocycles. The molecule has 1 aliphatic heterocycles. The Morgan fingerprint density at radius 2 is 1.90 bits per heavy atom. The molecule has 2 N–H and O–H groups in total. The van der Waals surface area contributed by atoms with Crippen LogP contribution in [0.2, 0.25) is 0 Å². The highest BCUT2D eigenvalue weighted by molar-refractivity contribution is 5.82. The van der Waals surface area contributed by atoms with Crippen LogP contribution in [0.1, 0.15) is 38.8 Å². The third-order valence-electron chi connectivity index (χ3n) is 6.83. The predicted molar refractivity (Wildman–Crippen MR) is 143 cm³/mol. The Hall–Kier alpha value is -3.84. The van der Waals surface area contributed by atoms with Gasteiger partial charge in [0, 0.05) is 36.8 Å². The van der Waals surface area contributed by atoms with Crippen LogP contribution in [0.25, 0.3) is 28.1 Å². The van der Waals surface area contributed by atoms with Crippen LogP contribution in [0.5, 0.6) is 5.75 Å². The van der Waals surface area contributed by atoms with Crippen molar-refractivity contribution in [1.82, 2.24) is 24.5 Å². The van der Waals surface area contributed by atoms with Crippen molar-refractivity contribution >= 4 is 22.5 Å². The van der Waals surface area contributed by atoms with Gasteiger partial charge in [-0.2, -0.15) is 13.2 Å². The molecule has 1 aliphatic rings. The molecular formula is C28H30F4N6O3. The number of rotatable bonds is 7. The number of hydrogen-bond acceptors (Lipinski definition) is 8. The number of hydrogen-bond donors (Lipinski definition) is 1. The maximum Gasteiger partial charge on any atom is 0.408 e. The van der Waals surface area contributed by atoms with E-state index in [9.17, 15) is 22.4 Å². The molecule has 1 fully saturated rings. The molecular weight excluding hydrogens is 544 g/mol. The SMILES string of the molecule is CC(C)(C)C(=O)OCCOc1cc2nc(-c3nnc4ccc([C@@H](N5CCC(N)C5)C(F)(F)F)cn34)ccc2cc1F. The number of pyridine rings is 2. The molecule has 13 heteroatoms. The lowest BCUT2D eigenvalue weighted by atomic mass is 9.97. The number of carbonyl (C=O) groups is 1. The number of benzene rings is 1. The van der Waals surface area contributed by atoms with Gasteiger partial charge in [0.05, 0.1) is 10.9 Å². The highest BCUT2D eigenvalue weighted by Crippen LogP contribution is 2.39. The second-order valence-corrected chi connectivity index (χ2v) is 11.1. The summed E-state index contributed by atoms with van der Waals surface area (Å²) in [5, 5.41) is 8.74. The molecule has 4 heterocycles. The maximum absolute atomic E-state index is 14.7. The summed E-state index contributed by atoms with van der Waals surface area (Å²) >= 11 is 0. The number of likely N-dealkylation sites (tertiary alicyclic amines) is 1. The maximum atomic E-state index is 14.7. The lowest BCUT2D eigenvalue weighted by Crippen LogP contribution is -2.38. The Labute approximate surface area is 233 Å². The minimum Gasteiger partial charge on any atom is -0.487 e. The first-order chi connectivity index (χ1) is 19.3. The third-order valence-corrected chi connectivity index (χ3v) is 6.83. The highest BCUT2D eigenvalue weighted by atomic mass is 19.4. The van der Waals surface area contributed by atoms with Crippen LogP contribution < -0.4 is 10.5 Å². The highest BCUT2D eigenvalue weighted by Gasteiger charge is 2.46. The normalized spacial score (nSPS) is 17.3. The molecule has 2 atom stereocenters. The molecule has 3 aromatic heterocycles. The van der Waals surface area contributed by atoms with Crippen molar-refractivity contribution in [3.8, 4) is 17.3 Å². The molecule has 4 aromatic rings. The van der Waals surface area contributed by atoms with Gasteiger partial charge in [-0.3, -0.25) is 14.1 Å². The first kappa shape index (κ1) is 28.7. The van der Waals surface area contributed by atoms with Crippen LogP contribution in [0.4, 0.5) is 17.6 Å². The average Bonchev–Trinajstić information content (AvgIpc) is 3.51. The molecule has 218 valence electrons. The van der Waals surface area contributed by atoms with E-state index in [1.807, 2.05) is 0 Å². The largest absolute Gasteiger partial charge is 0.487 e. The van der Waals surface area contributed by atoms with E-state index in [-0.39, 0.29) is 49.5 Å². The summed E-state index contributed by atoms with van der Waals surface area (Å²) in [5.41, 5.74) is 6.30. The topological polar surface area (TPSA) is 108 Å². The number of fused-ring (bicyclic) bond motifs is 2. The van der Waals surface area contributed by atoms with Gasteiger partial charge in [0.15, 0.2) is 23.0 Å². The van der Waals surface area contributed by atoms with Crippen molar-refractivity contribution in [3.05, 3.63) is 54.0 Å². The fraction of sp³-hybridized carbons (Fsp3) is 0.429. The molecule has 5 rings (SSSR count). The fourth-order valence-electron chi connectivity index (χ4n) is 4.76. The number of halogens is 4. The lowest BCUT2D eigenvalue weighted by molar-refractivity contribution is -0.183. The minimum atomic E-state index is -4.52. The molecule has 0 aliphatic carbocycles. The van der Waals surface area contributed by atoms with Crippen LogP contribution in [0.15, 0.2) is 42.6 Å². The van der Waals surface area contributed by atoms with Gasteiger partial charge in [0.1, 0.15) is 24.9 Å². The summed E-state index contributed by atoms with van der Waals surface area (Å²) in [6, 6.07) is 6.63. The second-order valence-electron chi connectivity index (χ2n) is 11.1. The standard InChI is InChI=1S/C28H30F4N6O3/c1-27(2,3)26(39)41-11-10-40-22-13-21-16(12-19(22)29)4-6-20(34-21)25-36-35-23-7-5-17(14-38(23)25)24(28(30,31)32)37-9-8-18(33)15-37/h4-7,12-14,18,24H,8-11,15,33H2,1-3H3/t18?,24-/m1/s1. The average molecular weight is 575 g/mol. The molecule has 41 heavy (non-hydrogen) atoms. The molecule has 0 spiro atoms. The van der Waals surface area contributed by atoms with Gasteiger partial charge < -0.3 is 15.2 Å². The van der Waals surface area contributed by atoms with Crippen LogP contribution in [0, 0.1) is 11.2 Å². The number of ether oxygens (including phenoxy) is 2. The van der Waals surface area contributed by atoms with Crippen molar-refractivity contribution < 1.29 is 31.8 Å². The molecule has 0 amide bonds. The molecule has 0 radical (unpaired) electrons. The molecule has 9 nitrogen and oxygen atoms in total. The van der Waals surface area contributed by atoms with Crippen molar-refractivity contribution in [2.24, 2.45) is 11.1 Å². The van der Waals surface area contributed by atoms with Crippen molar-refractivity contribution in [3.63, 3.8) is 0 Å². The van der Waals surface area contributed by atoms with Gasteiger partial charge in [-0.25, -0.2) is 9.37 Å². The van der Waals surface area contributed by atoms with Gasteiger partial charge in [-0.15, -0.1) is 10.2 Å². The summed E-state index contributed by atoms with van der Waals surface area (Å²) in [6.07, 6.45) is -2.66. The van der Waals surface area contributed by atoms with E-state index in [4.69, 9.17) is 15.2 Å². The summed E-state index contributed by atoms with van der Waals surface area (Å²) < 4.78 is 69.3. The Bertz CT molecular complexity index is 1580. The Morgan fingerprint density at radius 3 is 2.59 bits per heavy atom. The van der Waals surface area contributed by atoms with Crippen LogP contribution in [-0.2, 0) is 9.53 Å². The first-order valence-electron chi connectivity index (χ1n) is 13.1. The van der Waals surface area contributed by atoms with E-state index >= 15 is 0 Å². The van der Waals surface area contributed by atoms with Gasteiger partial charge in [0.2, 0.25) is 0 Å². The van der Waals surface area contributed by atoms with Crippen LogP contribution in [0.3, 0.4) is 0 Å². The quantitative estimate of drug-likeness (QED) is 0.193. The molecule has 1 aromatic carbocycles. The lowest BCUT2D eigenvalue weighted by Gasteiger charge is -2.30. The number of alkyl halides is 3. The van der Waals surface area contributed by atoms with Crippen LogP contribution >= 0.6 is 0 Å².